The van der Waals surface area contributed by atoms with Crippen LogP contribution in [0.15, 0.2) is 59.6 Å². The van der Waals surface area contributed by atoms with Gasteiger partial charge in [0, 0.05) is 19.1 Å². The van der Waals surface area contributed by atoms with Crippen LogP contribution in [0.1, 0.15) is 43.9 Å². The number of halogens is 1. The van der Waals surface area contributed by atoms with Crippen molar-refractivity contribution in [2.24, 2.45) is 4.99 Å². The van der Waals surface area contributed by atoms with Gasteiger partial charge in [-0.2, -0.15) is 0 Å². The SMILES string of the molecule is CCNC(=NCc1ccc(CS(=O)(=O)NC(C)C)cc1)NCCCc1ccccc1.I. The van der Waals surface area contributed by atoms with E-state index in [9.17, 15) is 8.42 Å². The Morgan fingerprint density at radius 3 is 2.19 bits per heavy atom. The van der Waals surface area contributed by atoms with E-state index in [-0.39, 0.29) is 35.8 Å². The highest BCUT2D eigenvalue weighted by Crippen LogP contribution is 2.09. The second kappa shape index (κ2) is 14.4. The zero-order valence-corrected chi connectivity index (χ0v) is 21.7. The molecular formula is C23H35IN4O2S. The van der Waals surface area contributed by atoms with Crippen LogP contribution in [0.2, 0.25) is 0 Å². The number of rotatable bonds is 11. The molecule has 0 aromatic heterocycles. The van der Waals surface area contributed by atoms with Gasteiger partial charge in [0.2, 0.25) is 10.0 Å². The van der Waals surface area contributed by atoms with E-state index in [1.54, 1.807) is 0 Å². The van der Waals surface area contributed by atoms with Crippen LogP contribution in [-0.4, -0.2) is 33.5 Å². The predicted octanol–water partition coefficient (Wildman–Crippen LogP) is 3.82. The Hall–Kier alpha value is -1.65. The minimum atomic E-state index is -3.31. The minimum Gasteiger partial charge on any atom is -0.357 e. The second-order valence-corrected chi connectivity index (χ2v) is 9.31. The molecule has 0 amide bonds. The number of nitrogens with one attached hydrogen (secondary N) is 3. The third-order valence-electron chi connectivity index (χ3n) is 4.34. The van der Waals surface area contributed by atoms with Crippen LogP contribution < -0.4 is 15.4 Å². The van der Waals surface area contributed by atoms with Crippen LogP contribution >= 0.6 is 24.0 Å². The molecule has 0 bridgehead atoms. The number of hydrogen-bond donors (Lipinski definition) is 3. The molecule has 2 aromatic rings. The average Bonchev–Trinajstić information content (AvgIpc) is 2.70. The number of hydrogen-bond acceptors (Lipinski definition) is 3. The van der Waals surface area contributed by atoms with Crippen molar-refractivity contribution in [2.45, 2.75) is 52.0 Å². The third kappa shape index (κ3) is 11.5. The van der Waals surface area contributed by atoms with Gasteiger partial charge in [-0.25, -0.2) is 18.1 Å². The molecule has 2 rings (SSSR count). The summed E-state index contributed by atoms with van der Waals surface area (Å²) in [6.45, 7) is 7.85. The zero-order chi connectivity index (χ0) is 21.8. The van der Waals surface area contributed by atoms with Crippen molar-refractivity contribution in [3.05, 3.63) is 71.3 Å². The first-order valence-corrected chi connectivity index (χ1v) is 12.2. The van der Waals surface area contributed by atoms with E-state index < -0.39 is 10.0 Å². The van der Waals surface area contributed by atoms with E-state index in [2.05, 4.69) is 44.6 Å². The van der Waals surface area contributed by atoms with Crippen LogP contribution in [0.5, 0.6) is 0 Å². The monoisotopic (exact) mass is 558 g/mol. The molecule has 3 N–H and O–H groups in total. The van der Waals surface area contributed by atoms with Gasteiger partial charge in [-0.1, -0.05) is 54.6 Å². The molecule has 0 aliphatic heterocycles. The standard InChI is InChI=1S/C23H34N4O2S.HI/c1-4-24-23(25-16-8-11-20-9-6-5-7-10-20)26-17-21-12-14-22(15-13-21)18-30(28,29)27-19(2)3;/h5-7,9-10,12-15,19,27H,4,8,11,16-18H2,1-3H3,(H2,24,25,26);1H. The first-order chi connectivity index (χ1) is 14.4. The van der Waals surface area contributed by atoms with Crippen molar-refractivity contribution in [2.75, 3.05) is 13.1 Å². The fourth-order valence-electron chi connectivity index (χ4n) is 3.02. The number of guanidine groups is 1. The summed E-state index contributed by atoms with van der Waals surface area (Å²) in [6, 6.07) is 17.9. The lowest BCUT2D eigenvalue weighted by atomic mass is 10.1. The molecule has 0 unspecified atom stereocenters. The molecule has 0 aliphatic rings. The summed E-state index contributed by atoms with van der Waals surface area (Å²) in [7, 11) is -3.31. The third-order valence-corrected chi connectivity index (χ3v) is 5.88. The summed E-state index contributed by atoms with van der Waals surface area (Å²) < 4.78 is 26.7. The molecule has 31 heavy (non-hydrogen) atoms. The number of benzene rings is 2. The Morgan fingerprint density at radius 2 is 1.58 bits per heavy atom. The normalized spacial score (nSPS) is 11.8. The van der Waals surface area contributed by atoms with Crippen LogP contribution in [0.3, 0.4) is 0 Å². The van der Waals surface area contributed by atoms with Gasteiger partial charge in [-0.3, -0.25) is 0 Å². The van der Waals surface area contributed by atoms with Crippen molar-refractivity contribution in [1.82, 2.24) is 15.4 Å². The van der Waals surface area contributed by atoms with E-state index in [0.717, 1.165) is 43.0 Å². The van der Waals surface area contributed by atoms with Gasteiger partial charge in [0.1, 0.15) is 0 Å². The highest BCUT2D eigenvalue weighted by Gasteiger charge is 2.12. The van der Waals surface area contributed by atoms with Gasteiger partial charge >= 0.3 is 0 Å². The van der Waals surface area contributed by atoms with Gasteiger partial charge in [0.25, 0.3) is 0 Å². The molecule has 0 radical (unpaired) electrons. The van der Waals surface area contributed by atoms with Gasteiger partial charge in [-0.05, 0) is 50.3 Å². The molecule has 0 saturated heterocycles. The van der Waals surface area contributed by atoms with Gasteiger partial charge in [0.05, 0.1) is 12.3 Å². The molecule has 6 nitrogen and oxygen atoms in total. The minimum absolute atomic E-state index is 0. The van der Waals surface area contributed by atoms with Crippen molar-refractivity contribution >= 4 is 40.0 Å². The highest BCUT2D eigenvalue weighted by atomic mass is 127. The number of aryl methyl sites for hydroxylation is 1. The lowest BCUT2D eigenvalue weighted by molar-refractivity contribution is 0.569. The molecule has 0 atom stereocenters. The molecule has 8 heteroatoms. The Kier molecular flexibility index (Phi) is 12.7. The van der Waals surface area contributed by atoms with Crippen LogP contribution in [0.4, 0.5) is 0 Å². The van der Waals surface area contributed by atoms with Gasteiger partial charge in [-0.15, -0.1) is 24.0 Å². The lowest BCUT2D eigenvalue weighted by Gasteiger charge is -2.12. The summed E-state index contributed by atoms with van der Waals surface area (Å²) in [5.74, 6) is 0.777. The maximum Gasteiger partial charge on any atom is 0.216 e. The first-order valence-electron chi connectivity index (χ1n) is 10.5. The van der Waals surface area contributed by atoms with Gasteiger partial charge in [0.15, 0.2) is 5.96 Å². The fraction of sp³-hybridized carbons (Fsp3) is 0.435. The van der Waals surface area contributed by atoms with Gasteiger partial charge < -0.3 is 10.6 Å². The predicted molar refractivity (Wildman–Crippen MR) is 140 cm³/mol. The smallest absolute Gasteiger partial charge is 0.216 e. The van der Waals surface area contributed by atoms with Crippen molar-refractivity contribution in [1.29, 1.82) is 0 Å². The zero-order valence-electron chi connectivity index (χ0n) is 18.6. The quantitative estimate of drug-likeness (QED) is 0.170. The van der Waals surface area contributed by atoms with E-state index >= 15 is 0 Å². The number of nitrogens with zero attached hydrogens (tertiary/aromatic N) is 1. The van der Waals surface area contributed by atoms with Crippen molar-refractivity contribution < 1.29 is 8.42 Å². The van der Waals surface area contributed by atoms with E-state index in [4.69, 9.17) is 0 Å². The maximum absolute atomic E-state index is 12.0. The summed E-state index contributed by atoms with van der Waals surface area (Å²) in [4.78, 5) is 4.64. The van der Waals surface area contributed by atoms with Crippen molar-refractivity contribution in [3.8, 4) is 0 Å². The number of sulfonamides is 1. The molecule has 0 saturated carbocycles. The molecule has 2 aromatic carbocycles. The summed E-state index contributed by atoms with van der Waals surface area (Å²) in [5, 5.41) is 6.64. The first kappa shape index (κ1) is 27.4. The van der Waals surface area contributed by atoms with E-state index in [0.29, 0.717) is 6.54 Å². The average molecular weight is 559 g/mol. The Labute approximate surface area is 204 Å². The maximum atomic E-state index is 12.0. The van der Waals surface area contributed by atoms with Crippen LogP contribution in [0.25, 0.3) is 0 Å². The Morgan fingerprint density at radius 1 is 0.935 bits per heavy atom. The summed E-state index contributed by atoms with van der Waals surface area (Å²) in [6.07, 6.45) is 2.06. The summed E-state index contributed by atoms with van der Waals surface area (Å²) >= 11 is 0. The topological polar surface area (TPSA) is 82.6 Å². The molecule has 0 spiro atoms. The van der Waals surface area contributed by atoms with Crippen LogP contribution in [-0.2, 0) is 28.7 Å². The van der Waals surface area contributed by atoms with Crippen LogP contribution in [0, 0.1) is 0 Å². The van der Waals surface area contributed by atoms with Crippen molar-refractivity contribution in [3.63, 3.8) is 0 Å². The highest BCUT2D eigenvalue weighted by molar-refractivity contribution is 14.0. The van der Waals surface area contributed by atoms with E-state index in [1.165, 1.54) is 5.56 Å². The molecule has 172 valence electrons. The lowest BCUT2D eigenvalue weighted by Crippen LogP contribution is -2.37. The fourth-order valence-corrected chi connectivity index (χ4v) is 4.45. The van der Waals surface area contributed by atoms with E-state index in [1.807, 2.05) is 51.1 Å². The number of aliphatic imine (C=N–C) groups is 1. The molecule has 0 heterocycles. The second-order valence-electron chi connectivity index (χ2n) is 7.56. The Balaban J connectivity index is 0.00000480. The largest absolute Gasteiger partial charge is 0.357 e. The molecule has 0 fully saturated rings. The molecular weight excluding hydrogens is 523 g/mol. The Bertz CT molecular complexity index is 886. The molecule has 0 aliphatic carbocycles. The summed E-state index contributed by atoms with van der Waals surface area (Å²) in [5.41, 5.74) is 3.14.